The van der Waals surface area contributed by atoms with E-state index in [4.69, 9.17) is 9.41 Å². The number of hydrogen-bond acceptors (Lipinski definition) is 2. The van der Waals surface area contributed by atoms with Gasteiger partial charge in [0.05, 0.1) is 22.2 Å². The van der Waals surface area contributed by atoms with E-state index in [0.717, 1.165) is 68.8 Å². The maximum atomic E-state index is 6.14. The molecule has 0 amide bonds. The first-order valence-corrected chi connectivity index (χ1v) is 17.4. The molecule has 0 spiro atoms. The van der Waals surface area contributed by atoms with Crippen molar-refractivity contribution in [2.75, 3.05) is 0 Å². The van der Waals surface area contributed by atoms with E-state index in [1.54, 1.807) is 0 Å². The summed E-state index contributed by atoms with van der Waals surface area (Å²) in [5.41, 5.74) is 14.2. The van der Waals surface area contributed by atoms with E-state index in [9.17, 15) is 0 Å². The van der Waals surface area contributed by atoms with Gasteiger partial charge in [-0.25, -0.2) is 4.99 Å². The van der Waals surface area contributed by atoms with Crippen LogP contribution in [0, 0.1) is 0 Å². The maximum Gasteiger partial charge on any atom is 0.138 e. The number of aromatic nitrogens is 2. The molecule has 2 aliphatic rings. The van der Waals surface area contributed by atoms with Crippen LogP contribution in [-0.4, -0.2) is 15.0 Å². The first kappa shape index (κ1) is 29.8. The Kier molecular flexibility index (Phi) is 7.30. The van der Waals surface area contributed by atoms with Gasteiger partial charge in [0.25, 0.3) is 0 Å². The van der Waals surface area contributed by atoms with Gasteiger partial charge in [0.15, 0.2) is 0 Å². The van der Waals surface area contributed by atoms with Crippen molar-refractivity contribution in [2.24, 2.45) is 4.99 Å². The Labute approximate surface area is 290 Å². The standard InChI is InChI=1S/C44H29N3O.C2H6/c1-4-14-30(15-5-1)46-38-21-12-10-17-31(38)34-27-35-32-16-6-2-8-20-39(32)47(41(35)28-40(34)46)44-23-9-3-7-19-37(45-44)29-24-25-43-36(26-29)33-18-11-13-22-42(33)48-43;1-2/h1-2,4-15,17-18,20-28H,3,16H2;1-2H3/b23-9-,45-44?;. The fraction of sp³-hybridized carbons (Fsp3) is 0.0870. The van der Waals surface area contributed by atoms with E-state index in [1.165, 1.54) is 32.8 Å². The highest BCUT2D eigenvalue weighted by molar-refractivity contribution is 6.16. The second-order valence-corrected chi connectivity index (χ2v) is 12.4. The third-order valence-corrected chi connectivity index (χ3v) is 9.61. The van der Waals surface area contributed by atoms with E-state index in [2.05, 4.69) is 148 Å². The summed E-state index contributed by atoms with van der Waals surface area (Å²) in [5.74, 6) is 0.863. The second kappa shape index (κ2) is 12.3. The summed E-state index contributed by atoms with van der Waals surface area (Å²) < 4.78 is 10.9. The zero-order chi connectivity index (χ0) is 33.6. The van der Waals surface area contributed by atoms with Crippen LogP contribution < -0.4 is 0 Å². The molecule has 3 aromatic heterocycles. The Balaban J connectivity index is 0.00000165. The smallest absolute Gasteiger partial charge is 0.138 e. The van der Waals surface area contributed by atoms with Gasteiger partial charge >= 0.3 is 0 Å². The molecule has 0 atom stereocenters. The first-order chi connectivity index (χ1) is 24.8. The fourth-order valence-electron chi connectivity index (χ4n) is 7.46. The van der Waals surface area contributed by atoms with E-state index in [0.29, 0.717) is 0 Å². The third kappa shape index (κ3) is 4.73. The van der Waals surface area contributed by atoms with Crippen molar-refractivity contribution in [2.45, 2.75) is 26.7 Å². The lowest BCUT2D eigenvalue weighted by Gasteiger charge is -2.12. The highest BCUT2D eigenvalue weighted by Crippen LogP contribution is 2.39. The van der Waals surface area contributed by atoms with Gasteiger partial charge in [-0.05, 0) is 91.2 Å². The number of benzene rings is 5. The average molecular weight is 646 g/mol. The Morgan fingerprint density at radius 2 is 1.40 bits per heavy atom. The minimum Gasteiger partial charge on any atom is -0.456 e. The molecule has 0 radical (unpaired) electrons. The van der Waals surface area contributed by atoms with Crippen LogP contribution in [0.15, 0.2) is 161 Å². The summed E-state index contributed by atoms with van der Waals surface area (Å²) in [5, 5.41) is 5.93. The van der Waals surface area contributed by atoms with E-state index in [1.807, 2.05) is 32.0 Å². The number of furan rings is 1. The lowest BCUT2D eigenvalue weighted by molar-refractivity contribution is 0.669. The van der Waals surface area contributed by atoms with Crippen LogP contribution in [0.1, 0.15) is 37.1 Å². The van der Waals surface area contributed by atoms with Crippen LogP contribution in [0.4, 0.5) is 0 Å². The molecule has 1 aliphatic heterocycles. The molecule has 50 heavy (non-hydrogen) atoms. The quantitative estimate of drug-likeness (QED) is 0.172. The number of allylic oxidation sites excluding steroid dienone is 6. The average Bonchev–Trinajstić information content (AvgIpc) is 3.71. The zero-order valence-electron chi connectivity index (χ0n) is 28.1. The number of aliphatic imine (C=N–C) groups is 1. The molecule has 0 bridgehead atoms. The van der Waals surface area contributed by atoms with E-state index in [-0.39, 0.29) is 0 Å². The highest BCUT2D eigenvalue weighted by atomic mass is 16.3. The minimum atomic E-state index is 0.769. The Hall–Kier alpha value is -6.35. The highest BCUT2D eigenvalue weighted by Gasteiger charge is 2.22. The van der Waals surface area contributed by atoms with E-state index >= 15 is 0 Å². The summed E-state index contributed by atoms with van der Waals surface area (Å²) >= 11 is 0. The normalized spacial score (nSPS) is 14.7. The SMILES string of the molecule is C1=CC/C=C\C(n2c3c(c4cc5c6ccccc6n(-c6ccccc6)c5cc42)CC=CC=C3)=NC=1c1ccc2oc3ccccc3c2c1.CC. The molecule has 4 heteroatoms. The summed E-state index contributed by atoms with van der Waals surface area (Å²) in [4.78, 5) is 5.39. The van der Waals surface area contributed by atoms with Gasteiger partial charge in [0.1, 0.15) is 22.7 Å². The molecule has 1 aliphatic carbocycles. The number of para-hydroxylation sites is 3. The monoisotopic (exact) mass is 645 g/mol. The first-order valence-electron chi connectivity index (χ1n) is 17.4. The Morgan fingerprint density at radius 3 is 2.30 bits per heavy atom. The lowest BCUT2D eigenvalue weighted by atomic mass is 10.0. The zero-order valence-corrected chi connectivity index (χ0v) is 28.1. The summed E-state index contributed by atoms with van der Waals surface area (Å²) in [6.07, 6.45) is 16.8. The molecular weight excluding hydrogens is 611 g/mol. The fourth-order valence-corrected chi connectivity index (χ4v) is 7.46. The third-order valence-electron chi connectivity index (χ3n) is 9.61. The van der Waals surface area contributed by atoms with Crippen molar-refractivity contribution in [3.8, 4) is 5.69 Å². The number of fused-ring (bicyclic) bond motifs is 9. The van der Waals surface area contributed by atoms with Crippen LogP contribution in [0.25, 0.3) is 72.1 Å². The van der Waals surface area contributed by atoms with Crippen molar-refractivity contribution < 1.29 is 4.42 Å². The minimum absolute atomic E-state index is 0.769. The topological polar surface area (TPSA) is 35.4 Å². The number of rotatable bonds is 2. The van der Waals surface area contributed by atoms with Gasteiger partial charge in [-0.15, -0.1) is 0 Å². The van der Waals surface area contributed by atoms with Crippen LogP contribution in [0.3, 0.4) is 0 Å². The molecule has 0 N–H and O–H groups in total. The van der Waals surface area contributed by atoms with Crippen LogP contribution >= 0.6 is 0 Å². The maximum absolute atomic E-state index is 6.14. The van der Waals surface area contributed by atoms with Crippen molar-refractivity contribution in [1.29, 1.82) is 0 Å². The van der Waals surface area contributed by atoms with Crippen molar-refractivity contribution in [1.82, 2.24) is 9.13 Å². The molecule has 0 saturated carbocycles. The van der Waals surface area contributed by atoms with Gasteiger partial charge in [0, 0.05) is 38.2 Å². The Morgan fingerprint density at radius 1 is 0.620 bits per heavy atom. The van der Waals surface area contributed by atoms with Crippen molar-refractivity contribution >= 4 is 72.3 Å². The summed E-state index contributed by atoms with van der Waals surface area (Å²) in [7, 11) is 0. The lowest BCUT2D eigenvalue weighted by Crippen LogP contribution is -2.12. The molecular formula is C46H35N3O. The largest absolute Gasteiger partial charge is 0.456 e. The molecule has 0 fully saturated rings. The van der Waals surface area contributed by atoms with Gasteiger partial charge in [-0.1, -0.05) is 98.5 Å². The summed E-state index contributed by atoms with van der Waals surface area (Å²) in [6, 6.07) is 38.7. The molecule has 240 valence electrons. The predicted molar refractivity (Wildman–Crippen MR) is 211 cm³/mol. The number of nitrogens with zero attached hydrogens (tertiary/aromatic N) is 3. The number of hydrogen-bond donors (Lipinski definition) is 0. The van der Waals surface area contributed by atoms with Gasteiger partial charge in [0.2, 0.25) is 0 Å². The molecule has 0 unspecified atom stereocenters. The van der Waals surface area contributed by atoms with Gasteiger partial charge < -0.3 is 8.98 Å². The molecule has 8 aromatic rings. The molecule has 10 rings (SSSR count). The van der Waals surface area contributed by atoms with Crippen molar-refractivity contribution in [3.63, 3.8) is 0 Å². The van der Waals surface area contributed by atoms with Gasteiger partial charge in [-0.3, -0.25) is 4.57 Å². The Bertz CT molecular complexity index is 2810. The second-order valence-electron chi connectivity index (χ2n) is 12.4. The van der Waals surface area contributed by atoms with E-state index < -0.39 is 0 Å². The molecule has 0 saturated heterocycles. The van der Waals surface area contributed by atoms with Crippen LogP contribution in [0.2, 0.25) is 0 Å². The van der Waals surface area contributed by atoms with Crippen LogP contribution in [-0.2, 0) is 6.42 Å². The molecule has 4 heterocycles. The predicted octanol–water partition coefficient (Wildman–Crippen LogP) is 12.2. The molecule has 5 aromatic carbocycles. The van der Waals surface area contributed by atoms with Crippen LogP contribution in [0.5, 0.6) is 0 Å². The summed E-state index contributed by atoms with van der Waals surface area (Å²) in [6.45, 7) is 4.00. The van der Waals surface area contributed by atoms with Gasteiger partial charge in [-0.2, -0.15) is 0 Å². The van der Waals surface area contributed by atoms with Crippen molar-refractivity contribution in [3.05, 3.63) is 168 Å². The molecule has 4 nitrogen and oxygen atoms in total.